The fraction of sp³-hybridized carbons (Fsp3) is 0.500. The lowest BCUT2D eigenvalue weighted by Crippen LogP contribution is -2.37. The second kappa shape index (κ2) is 39.1. The molecule has 0 atom stereocenters. The minimum absolute atomic E-state index is 0.176. The van der Waals surface area contributed by atoms with Gasteiger partial charge in [0, 0.05) is 27.9 Å². The molecule has 0 aliphatic rings. The van der Waals surface area contributed by atoms with Crippen molar-refractivity contribution in [1.29, 1.82) is 0 Å². The summed E-state index contributed by atoms with van der Waals surface area (Å²) in [7, 11) is -4.64. The highest BCUT2D eigenvalue weighted by molar-refractivity contribution is 7.45. The molecule has 22 nitrogen and oxygen atoms in total. The summed E-state index contributed by atoms with van der Waals surface area (Å²) in [5.74, 6) is -4.68. The molecule has 0 saturated carbocycles. The van der Waals surface area contributed by atoms with Crippen LogP contribution in [0.4, 0.5) is 0 Å². The van der Waals surface area contributed by atoms with Crippen molar-refractivity contribution in [1.82, 2.24) is 0 Å². The number of hydrogen-bond acceptors (Lipinski definition) is 14. The van der Waals surface area contributed by atoms with Crippen molar-refractivity contribution >= 4 is 37.7 Å². The molecular weight excluding hydrogens is 743 g/mol. The van der Waals surface area contributed by atoms with Crippen molar-refractivity contribution < 1.29 is 110 Å². The van der Waals surface area contributed by atoms with E-state index in [0.717, 1.165) is 0 Å². The van der Waals surface area contributed by atoms with Gasteiger partial charge in [0.2, 0.25) is 0 Å². The maximum atomic E-state index is 9.60. The van der Waals surface area contributed by atoms with Gasteiger partial charge in [0.05, 0.1) is 63.7 Å². The van der Waals surface area contributed by atoms with E-state index in [0.29, 0.717) is 0 Å². The van der Waals surface area contributed by atoms with Crippen molar-refractivity contribution in [3.8, 4) is 0 Å². The number of rotatable bonds is 13. The third kappa shape index (κ3) is 63.3. The van der Waals surface area contributed by atoms with E-state index in [1.165, 1.54) is 34.6 Å². The van der Waals surface area contributed by atoms with Crippen LogP contribution in [-0.2, 0) is 28.5 Å². The van der Waals surface area contributed by atoms with Crippen LogP contribution in [0, 0.1) is 10.8 Å². The zero-order chi connectivity index (χ0) is 44.9. The molecule has 0 amide bonds. The summed E-state index contributed by atoms with van der Waals surface area (Å²) in [5, 5.41) is 107. The van der Waals surface area contributed by atoms with E-state index in [-0.39, 0.29) is 27.9 Å². The van der Waals surface area contributed by atoms with Crippen LogP contribution < -0.4 is 0 Å². The van der Waals surface area contributed by atoms with Gasteiger partial charge in [-0.1, -0.05) is 32.9 Å². The lowest BCUT2D eigenvalue weighted by Gasteiger charge is -2.23. The van der Waals surface area contributed by atoms with Gasteiger partial charge in [0.15, 0.2) is 0 Å². The second-order valence-corrected chi connectivity index (χ2v) is 11.2. The standard InChI is InChI=1S/2C5H12O4.5C4H6O2.H3O4P/c2*6-1-5(2-7,3-8)4-9;5*1-3(2)4(5)6;1-5(2,3)4/h2*6-9H,1-4H2;5*1H2,2H3,(H,5,6);(H3,1,2,3,4). The van der Waals surface area contributed by atoms with Gasteiger partial charge in [-0.2, -0.15) is 0 Å². The van der Waals surface area contributed by atoms with Gasteiger partial charge in [0.25, 0.3) is 0 Å². The average Bonchev–Trinajstić information content (AvgIpc) is 3.04. The van der Waals surface area contributed by atoms with Gasteiger partial charge in [-0.3, -0.25) is 0 Å². The molecule has 0 spiro atoms. The van der Waals surface area contributed by atoms with E-state index in [9.17, 15) is 24.0 Å². The molecule has 0 unspecified atom stereocenters. The smallest absolute Gasteiger partial charge is 0.466 e. The van der Waals surface area contributed by atoms with Gasteiger partial charge in [-0.15, -0.1) is 0 Å². The predicted molar refractivity (Wildman–Crippen MR) is 188 cm³/mol. The predicted octanol–water partition coefficient (Wildman–Crippen LogP) is -1.81. The number of aliphatic hydroxyl groups is 8. The molecule has 0 aromatic rings. The normalized spacial score (nSPS) is 9.43. The molecule has 0 aromatic heterocycles. The van der Waals surface area contributed by atoms with Crippen LogP contribution in [0.2, 0.25) is 0 Å². The number of carboxylic acids is 5. The van der Waals surface area contributed by atoms with Crippen LogP contribution >= 0.6 is 7.82 Å². The van der Waals surface area contributed by atoms with E-state index in [1.807, 2.05) is 0 Å². The van der Waals surface area contributed by atoms with E-state index in [1.54, 1.807) is 0 Å². The maximum absolute atomic E-state index is 9.60. The number of aliphatic hydroxyl groups excluding tert-OH is 8. The van der Waals surface area contributed by atoms with E-state index < -0.39 is 101 Å². The third-order valence-corrected chi connectivity index (χ3v) is 4.51. The molecule has 0 aliphatic heterocycles. The maximum Gasteiger partial charge on any atom is 0.466 e. The molecule has 314 valence electrons. The SMILES string of the molecule is C=C(C)C(=O)O.C=C(C)C(=O)O.C=C(C)C(=O)O.C=C(C)C(=O)O.C=C(C)C(=O)O.O=P(O)(O)O.OCC(CO)(CO)CO.OCC(CO)(CO)CO. The first-order chi connectivity index (χ1) is 23.7. The first-order valence-corrected chi connectivity index (χ1v) is 15.4. The van der Waals surface area contributed by atoms with Gasteiger partial charge >= 0.3 is 37.7 Å². The molecule has 0 aliphatic carbocycles. The van der Waals surface area contributed by atoms with E-state index in [2.05, 4.69) is 32.9 Å². The van der Waals surface area contributed by atoms with Crippen LogP contribution in [0.5, 0.6) is 0 Å². The Hall–Kier alpha value is -4.16. The van der Waals surface area contributed by atoms with Crippen LogP contribution in [0.3, 0.4) is 0 Å². The molecule has 53 heavy (non-hydrogen) atoms. The highest BCUT2D eigenvalue weighted by Crippen LogP contribution is 2.25. The Bertz CT molecular complexity index is 900. The van der Waals surface area contributed by atoms with Crippen LogP contribution in [0.25, 0.3) is 0 Å². The molecule has 16 N–H and O–H groups in total. The topological polar surface area (TPSA) is 426 Å². The van der Waals surface area contributed by atoms with Crippen molar-refractivity contribution in [3.63, 3.8) is 0 Å². The molecular formula is C30H57O22P. The summed E-state index contributed by atoms with van der Waals surface area (Å²) in [6.07, 6.45) is 0. The van der Waals surface area contributed by atoms with E-state index in [4.69, 9.17) is 85.6 Å². The third-order valence-electron chi connectivity index (χ3n) is 4.51. The monoisotopic (exact) mass is 800 g/mol. The Morgan fingerprint density at radius 1 is 0.377 bits per heavy atom. The van der Waals surface area contributed by atoms with Crippen molar-refractivity contribution in [3.05, 3.63) is 60.8 Å². The summed E-state index contributed by atoms with van der Waals surface area (Å²) in [5.41, 5.74) is -1.34. The molecule has 0 heterocycles. The molecule has 23 heteroatoms. The molecule has 0 bridgehead atoms. The van der Waals surface area contributed by atoms with Gasteiger partial charge in [-0.05, 0) is 34.6 Å². The highest BCUT2D eigenvalue weighted by Gasteiger charge is 2.27. The van der Waals surface area contributed by atoms with Gasteiger partial charge in [-0.25, -0.2) is 28.5 Å². The first-order valence-electron chi connectivity index (χ1n) is 13.8. The fourth-order valence-corrected chi connectivity index (χ4v) is 0.600. The quantitative estimate of drug-likeness (QED) is 0.0721. The minimum Gasteiger partial charge on any atom is -0.478 e. The number of hydrogen-bond donors (Lipinski definition) is 16. The Morgan fingerprint density at radius 3 is 0.434 bits per heavy atom. The number of phosphoric acid groups is 1. The second-order valence-electron chi connectivity index (χ2n) is 10.2. The van der Waals surface area contributed by atoms with Crippen LogP contribution in [0.1, 0.15) is 34.6 Å². The Morgan fingerprint density at radius 2 is 0.434 bits per heavy atom. The highest BCUT2D eigenvalue weighted by atomic mass is 31.2. The molecule has 0 rings (SSSR count). The molecule has 0 aromatic carbocycles. The lowest BCUT2D eigenvalue weighted by molar-refractivity contribution is -0.133. The Kier molecular flexibility index (Phi) is 49.4. The fourth-order valence-electron chi connectivity index (χ4n) is 0.600. The summed E-state index contributed by atoms with van der Waals surface area (Å²) in [4.78, 5) is 69.6. The summed E-state index contributed by atoms with van der Waals surface area (Å²) in [6, 6.07) is 0. The van der Waals surface area contributed by atoms with Crippen molar-refractivity contribution in [2.75, 3.05) is 52.9 Å². The zero-order valence-electron chi connectivity index (χ0n) is 30.2. The number of carboxylic acid groups (broad SMARTS) is 5. The average molecular weight is 801 g/mol. The van der Waals surface area contributed by atoms with Crippen molar-refractivity contribution in [2.24, 2.45) is 10.8 Å². The van der Waals surface area contributed by atoms with Gasteiger partial charge < -0.3 is 81.1 Å². The summed E-state index contributed by atoms with van der Waals surface area (Å²) >= 11 is 0. The largest absolute Gasteiger partial charge is 0.478 e. The zero-order valence-corrected chi connectivity index (χ0v) is 31.1. The Labute approximate surface area is 306 Å². The summed E-state index contributed by atoms with van der Waals surface area (Å²) < 4.78 is 8.88. The van der Waals surface area contributed by atoms with Gasteiger partial charge in [0.1, 0.15) is 0 Å². The Balaban J connectivity index is -0.0000000734. The molecule has 0 fully saturated rings. The van der Waals surface area contributed by atoms with Crippen LogP contribution in [0.15, 0.2) is 60.8 Å². The number of carbonyl (C=O) groups is 5. The lowest BCUT2D eigenvalue weighted by atomic mass is 9.93. The molecule has 0 saturated heterocycles. The minimum atomic E-state index is -4.64. The van der Waals surface area contributed by atoms with Crippen LogP contribution in [-0.4, -0.2) is 164 Å². The van der Waals surface area contributed by atoms with Crippen molar-refractivity contribution in [2.45, 2.75) is 34.6 Å². The summed E-state index contributed by atoms with van der Waals surface area (Å²) in [6.45, 7) is 19.8. The first kappa shape index (κ1) is 67.0. The number of aliphatic carboxylic acids is 5. The molecule has 0 radical (unpaired) electrons. The van der Waals surface area contributed by atoms with E-state index >= 15 is 0 Å².